The van der Waals surface area contributed by atoms with Gasteiger partial charge in [0.2, 0.25) is 15.9 Å². The number of benzene rings is 1. The molecule has 152 valence electrons. The maximum atomic E-state index is 12.6. The summed E-state index contributed by atoms with van der Waals surface area (Å²) in [6.07, 6.45) is 5.65. The molecule has 0 unspecified atom stereocenters. The lowest BCUT2D eigenvalue weighted by Crippen LogP contribution is -2.36. The number of carbonyl (C=O) groups excluding carboxylic acids is 1. The molecule has 0 spiro atoms. The number of anilines is 1. The summed E-state index contributed by atoms with van der Waals surface area (Å²) in [5, 5.41) is 2.84. The number of nitrogens with one attached hydrogen (secondary N) is 1. The van der Waals surface area contributed by atoms with Crippen LogP contribution in [-0.4, -0.2) is 45.9 Å². The van der Waals surface area contributed by atoms with Crippen LogP contribution in [0.2, 0.25) is 0 Å². The summed E-state index contributed by atoms with van der Waals surface area (Å²) < 4.78 is 31.8. The van der Waals surface area contributed by atoms with E-state index in [1.165, 1.54) is 26.6 Å². The van der Waals surface area contributed by atoms with Crippen molar-refractivity contribution in [2.45, 2.75) is 50.3 Å². The Morgan fingerprint density at radius 3 is 2.48 bits per heavy atom. The molecule has 1 saturated carbocycles. The predicted octanol–water partition coefficient (Wildman–Crippen LogP) is 2.57. The van der Waals surface area contributed by atoms with Crippen LogP contribution in [0.5, 0.6) is 5.75 Å². The summed E-state index contributed by atoms with van der Waals surface area (Å²) in [5.41, 5.74) is 6.26. The highest BCUT2D eigenvalue weighted by molar-refractivity contribution is 7.89. The van der Waals surface area contributed by atoms with Crippen molar-refractivity contribution >= 4 is 21.6 Å². The van der Waals surface area contributed by atoms with Crippen LogP contribution >= 0.6 is 0 Å². The third-order valence-corrected chi connectivity index (χ3v) is 7.00. The largest absolute Gasteiger partial charge is 0.492 e. The second-order valence-electron chi connectivity index (χ2n) is 7.37. The van der Waals surface area contributed by atoms with Crippen molar-refractivity contribution in [3.8, 4) is 5.75 Å². The number of amides is 1. The first-order valence-corrected chi connectivity index (χ1v) is 10.9. The van der Waals surface area contributed by atoms with Gasteiger partial charge in [-0.2, -0.15) is 0 Å². The Balaban J connectivity index is 2.22. The van der Waals surface area contributed by atoms with Gasteiger partial charge in [0.25, 0.3) is 0 Å². The zero-order valence-corrected chi connectivity index (χ0v) is 17.3. The smallest absolute Gasteiger partial charge is 0.246 e. The van der Waals surface area contributed by atoms with Gasteiger partial charge in [-0.3, -0.25) is 4.79 Å². The summed E-state index contributed by atoms with van der Waals surface area (Å²) in [6, 6.07) is 4.69. The van der Waals surface area contributed by atoms with Crippen LogP contribution in [0.3, 0.4) is 0 Å². The molecule has 0 heterocycles. The molecule has 1 aromatic rings. The molecule has 0 saturated heterocycles. The van der Waals surface area contributed by atoms with Crippen LogP contribution < -0.4 is 15.8 Å². The lowest BCUT2D eigenvalue weighted by molar-refractivity contribution is -0.118. The molecule has 3 N–H and O–H groups in total. The van der Waals surface area contributed by atoms with Gasteiger partial charge in [-0.15, -0.1) is 0 Å². The Kier molecular flexibility index (Phi) is 7.25. The molecule has 1 aliphatic rings. The lowest BCUT2D eigenvalue weighted by atomic mass is 9.71. The number of sulfonamides is 1. The number of rotatable bonds is 8. The van der Waals surface area contributed by atoms with Gasteiger partial charge in [-0.25, -0.2) is 12.7 Å². The summed E-state index contributed by atoms with van der Waals surface area (Å²) >= 11 is 0. The quantitative estimate of drug-likeness (QED) is 0.702. The van der Waals surface area contributed by atoms with Crippen molar-refractivity contribution in [2.24, 2.45) is 11.1 Å². The molecule has 0 aliphatic heterocycles. The Labute approximate surface area is 162 Å². The molecular weight excluding hydrogens is 366 g/mol. The van der Waals surface area contributed by atoms with E-state index in [4.69, 9.17) is 10.5 Å². The van der Waals surface area contributed by atoms with Crippen molar-refractivity contribution in [3.63, 3.8) is 0 Å². The normalized spacial score (nSPS) is 16.9. The van der Waals surface area contributed by atoms with Crippen LogP contribution in [-0.2, 0) is 14.8 Å². The standard InChI is InChI=1S/C19H31N3O4S/c1-4-26-16-9-8-15(12-17(16)27(24,25)22(2)3)21-18(23)13-19(14-20)10-6-5-7-11-19/h8-9,12H,4-7,10-11,13-14,20H2,1-3H3,(H,21,23). The number of nitrogens with two attached hydrogens (primary N) is 1. The zero-order valence-electron chi connectivity index (χ0n) is 16.5. The number of hydrogen-bond acceptors (Lipinski definition) is 5. The molecule has 1 aromatic carbocycles. The Hall–Kier alpha value is -1.64. The lowest BCUT2D eigenvalue weighted by Gasteiger charge is -2.35. The number of hydrogen-bond donors (Lipinski definition) is 2. The molecule has 2 rings (SSSR count). The first kappa shape index (κ1) is 21.7. The number of nitrogens with zero attached hydrogens (tertiary/aromatic N) is 1. The Bertz CT molecular complexity index is 756. The van der Waals surface area contributed by atoms with Crippen molar-refractivity contribution in [1.82, 2.24) is 4.31 Å². The minimum Gasteiger partial charge on any atom is -0.492 e. The van der Waals surface area contributed by atoms with E-state index < -0.39 is 10.0 Å². The van der Waals surface area contributed by atoms with Crippen LogP contribution in [0.25, 0.3) is 0 Å². The van der Waals surface area contributed by atoms with E-state index in [1.807, 2.05) is 0 Å². The molecule has 1 aliphatic carbocycles. The maximum Gasteiger partial charge on any atom is 0.246 e. The van der Waals surface area contributed by atoms with E-state index in [0.29, 0.717) is 25.3 Å². The van der Waals surface area contributed by atoms with Gasteiger partial charge in [-0.05, 0) is 49.9 Å². The monoisotopic (exact) mass is 397 g/mol. The fourth-order valence-electron chi connectivity index (χ4n) is 3.56. The molecule has 0 aromatic heterocycles. The van der Waals surface area contributed by atoms with Crippen molar-refractivity contribution in [2.75, 3.05) is 32.6 Å². The van der Waals surface area contributed by atoms with Gasteiger partial charge in [0, 0.05) is 26.2 Å². The third-order valence-electron chi connectivity index (χ3n) is 5.17. The highest BCUT2D eigenvalue weighted by Gasteiger charge is 2.33. The van der Waals surface area contributed by atoms with Crippen LogP contribution in [0.4, 0.5) is 5.69 Å². The van der Waals surface area contributed by atoms with E-state index in [0.717, 1.165) is 30.0 Å². The van der Waals surface area contributed by atoms with E-state index in [9.17, 15) is 13.2 Å². The molecule has 0 radical (unpaired) electrons. The van der Waals surface area contributed by atoms with Crippen molar-refractivity contribution < 1.29 is 17.9 Å². The van der Waals surface area contributed by atoms with Gasteiger partial charge in [0.05, 0.1) is 6.61 Å². The topological polar surface area (TPSA) is 102 Å². The summed E-state index contributed by atoms with van der Waals surface area (Å²) in [7, 11) is -0.770. The van der Waals surface area contributed by atoms with Crippen LogP contribution in [0.15, 0.2) is 23.1 Å². The van der Waals surface area contributed by atoms with Crippen LogP contribution in [0.1, 0.15) is 45.4 Å². The molecular formula is C19H31N3O4S. The summed E-state index contributed by atoms with van der Waals surface area (Å²) in [4.78, 5) is 12.6. The summed E-state index contributed by atoms with van der Waals surface area (Å²) in [5.74, 6) is 0.134. The first-order valence-electron chi connectivity index (χ1n) is 9.43. The Morgan fingerprint density at radius 1 is 1.26 bits per heavy atom. The van der Waals surface area contributed by atoms with Gasteiger partial charge < -0.3 is 15.8 Å². The average molecular weight is 398 g/mol. The van der Waals surface area contributed by atoms with Crippen molar-refractivity contribution in [3.05, 3.63) is 18.2 Å². The fraction of sp³-hybridized carbons (Fsp3) is 0.632. The third kappa shape index (κ3) is 5.21. The highest BCUT2D eigenvalue weighted by Crippen LogP contribution is 2.38. The molecule has 8 heteroatoms. The van der Waals surface area contributed by atoms with E-state index in [-0.39, 0.29) is 22.0 Å². The number of carbonyl (C=O) groups is 1. The molecule has 0 bridgehead atoms. The van der Waals surface area contributed by atoms with Crippen LogP contribution in [0, 0.1) is 5.41 Å². The summed E-state index contributed by atoms with van der Waals surface area (Å²) in [6.45, 7) is 2.63. The minimum absolute atomic E-state index is 0.0401. The van der Waals surface area contributed by atoms with E-state index in [1.54, 1.807) is 19.1 Å². The molecule has 7 nitrogen and oxygen atoms in total. The predicted molar refractivity (Wildman–Crippen MR) is 106 cm³/mol. The van der Waals surface area contributed by atoms with E-state index >= 15 is 0 Å². The fourth-order valence-corrected chi connectivity index (χ4v) is 4.61. The highest BCUT2D eigenvalue weighted by atomic mass is 32.2. The molecule has 0 atom stereocenters. The molecule has 1 amide bonds. The second kappa shape index (κ2) is 9.03. The maximum absolute atomic E-state index is 12.6. The second-order valence-corrected chi connectivity index (χ2v) is 9.49. The van der Waals surface area contributed by atoms with Gasteiger partial charge >= 0.3 is 0 Å². The van der Waals surface area contributed by atoms with Gasteiger partial charge in [0.1, 0.15) is 10.6 Å². The van der Waals surface area contributed by atoms with E-state index in [2.05, 4.69) is 5.32 Å². The zero-order chi connectivity index (χ0) is 20.1. The number of ether oxygens (including phenoxy) is 1. The first-order chi connectivity index (χ1) is 12.7. The molecule has 1 fully saturated rings. The minimum atomic E-state index is -3.69. The average Bonchev–Trinajstić information content (AvgIpc) is 2.63. The molecule has 27 heavy (non-hydrogen) atoms. The Morgan fingerprint density at radius 2 is 1.93 bits per heavy atom. The SMILES string of the molecule is CCOc1ccc(NC(=O)CC2(CN)CCCCC2)cc1S(=O)(=O)N(C)C. The van der Waals surface area contributed by atoms with Crippen molar-refractivity contribution in [1.29, 1.82) is 0 Å². The van der Waals surface area contributed by atoms with Gasteiger partial charge in [0.15, 0.2) is 0 Å². The van der Waals surface area contributed by atoms with Gasteiger partial charge in [-0.1, -0.05) is 19.3 Å².